The van der Waals surface area contributed by atoms with Gasteiger partial charge in [0.1, 0.15) is 5.65 Å². The van der Waals surface area contributed by atoms with Crippen LogP contribution in [0.2, 0.25) is 0 Å². The highest BCUT2D eigenvalue weighted by Crippen LogP contribution is 2.35. The number of pyridine rings is 1. The molecule has 4 rings (SSSR count). The van der Waals surface area contributed by atoms with Crippen LogP contribution in [0.15, 0.2) is 42.6 Å². The number of benzene rings is 1. The predicted molar refractivity (Wildman–Crippen MR) is 85.9 cm³/mol. The lowest BCUT2D eigenvalue weighted by Gasteiger charge is -2.23. The Morgan fingerprint density at radius 2 is 2.00 bits per heavy atom. The zero-order valence-electron chi connectivity index (χ0n) is 12.4. The first kappa shape index (κ1) is 12.6. The largest absolute Gasteiger partial charge is 0.309 e. The number of hydrogen-bond acceptors (Lipinski definition) is 2. The van der Waals surface area contributed by atoms with Gasteiger partial charge in [-0.3, -0.25) is 4.57 Å². The topological polar surface area (TPSA) is 29.9 Å². The molecule has 0 spiro atoms. The van der Waals surface area contributed by atoms with Gasteiger partial charge in [-0.05, 0) is 56.1 Å². The van der Waals surface area contributed by atoms with E-state index in [1.54, 1.807) is 0 Å². The van der Waals surface area contributed by atoms with Gasteiger partial charge in [-0.2, -0.15) is 0 Å². The molecule has 2 aromatic heterocycles. The lowest BCUT2D eigenvalue weighted by Crippen LogP contribution is -2.29. The summed E-state index contributed by atoms with van der Waals surface area (Å²) >= 11 is 0. The second-order valence-corrected chi connectivity index (χ2v) is 5.79. The minimum absolute atomic E-state index is 0.350. The van der Waals surface area contributed by atoms with Crippen molar-refractivity contribution >= 4 is 11.0 Å². The highest BCUT2D eigenvalue weighted by atomic mass is 15.1. The van der Waals surface area contributed by atoms with Crippen LogP contribution in [0.25, 0.3) is 16.7 Å². The maximum absolute atomic E-state index is 4.69. The number of nitrogens with one attached hydrogen (secondary N) is 1. The van der Waals surface area contributed by atoms with Gasteiger partial charge in [0.15, 0.2) is 0 Å². The number of nitrogens with zero attached hydrogens (tertiary/aromatic N) is 2. The molecule has 3 heteroatoms. The molecule has 106 valence electrons. The van der Waals surface area contributed by atoms with E-state index in [1.165, 1.54) is 27.9 Å². The number of aryl methyl sites for hydroxylation is 1. The average molecular weight is 277 g/mol. The maximum atomic E-state index is 4.69. The molecule has 3 heterocycles. The van der Waals surface area contributed by atoms with E-state index < -0.39 is 0 Å². The molecule has 1 aliphatic heterocycles. The first-order valence-electron chi connectivity index (χ1n) is 7.55. The number of aromatic nitrogens is 2. The summed E-state index contributed by atoms with van der Waals surface area (Å²) in [7, 11) is 0. The third kappa shape index (κ3) is 1.81. The van der Waals surface area contributed by atoms with Gasteiger partial charge < -0.3 is 5.32 Å². The van der Waals surface area contributed by atoms with Crippen LogP contribution >= 0.6 is 0 Å². The first-order valence-corrected chi connectivity index (χ1v) is 7.55. The zero-order chi connectivity index (χ0) is 14.4. The fraction of sp³-hybridized carbons (Fsp3) is 0.278. The van der Waals surface area contributed by atoms with Crippen LogP contribution in [0.3, 0.4) is 0 Å². The van der Waals surface area contributed by atoms with Crippen LogP contribution in [0, 0.1) is 6.92 Å². The summed E-state index contributed by atoms with van der Waals surface area (Å²) in [5, 5.41) is 4.92. The average Bonchev–Trinajstić information content (AvgIpc) is 2.85. The van der Waals surface area contributed by atoms with Gasteiger partial charge in [-0.1, -0.05) is 18.2 Å². The number of fused-ring (bicyclic) bond motifs is 3. The summed E-state index contributed by atoms with van der Waals surface area (Å²) in [4.78, 5) is 4.69. The predicted octanol–water partition coefficient (Wildman–Crippen LogP) is 3.54. The summed E-state index contributed by atoms with van der Waals surface area (Å²) in [6.07, 6.45) is 2.99. The molecule has 1 aliphatic rings. The van der Waals surface area contributed by atoms with Crippen molar-refractivity contribution in [2.75, 3.05) is 6.54 Å². The Hall–Kier alpha value is -2.13. The normalized spacial score (nSPS) is 17.9. The second-order valence-electron chi connectivity index (χ2n) is 5.79. The molecule has 0 unspecified atom stereocenters. The Kier molecular flexibility index (Phi) is 2.82. The van der Waals surface area contributed by atoms with Crippen LogP contribution in [0.4, 0.5) is 0 Å². The fourth-order valence-corrected chi connectivity index (χ4v) is 3.52. The van der Waals surface area contributed by atoms with E-state index in [-0.39, 0.29) is 0 Å². The monoisotopic (exact) mass is 277 g/mol. The van der Waals surface area contributed by atoms with E-state index >= 15 is 0 Å². The summed E-state index contributed by atoms with van der Waals surface area (Å²) < 4.78 is 2.33. The van der Waals surface area contributed by atoms with Crippen molar-refractivity contribution in [2.45, 2.75) is 26.3 Å². The van der Waals surface area contributed by atoms with Crippen molar-refractivity contribution in [3.05, 3.63) is 59.4 Å². The smallest absolute Gasteiger partial charge is 0.145 e. The third-order valence-electron chi connectivity index (χ3n) is 4.45. The first-order chi connectivity index (χ1) is 10.3. The summed E-state index contributed by atoms with van der Waals surface area (Å²) in [5.41, 5.74) is 6.43. The van der Waals surface area contributed by atoms with Crippen LogP contribution in [-0.2, 0) is 6.42 Å². The third-order valence-corrected chi connectivity index (χ3v) is 4.45. The number of para-hydroxylation sites is 1. The molecule has 0 amide bonds. The molecule has 1 atom stereocenters. The van der Waals surface area contributed by atoms with E-state index in [1.807, 2.05) is 6.20 Å². The minimum Gasteiger partial charge on any atom is -0.309 e. The molecule has 3 nitrogen and oxygen atoms in total. The molecule has 1 N–H and O–H groups in total. The Labute approximate surface area is 124 Å². The lowest BCUT2D eigenvalue weighted by atomic mass is 9.99. The molecule has 0 saturated heterocycles. The Morgan fingerprint density at radius 3 is 2.81 bits per heavy atom. The van der Waals surface area contributed by atoms with Crippen molar-refractivity contribution in [1.29, 1.82) is 0 Å². The SMILES string of the molecule is Cc1ccnc2c1c1c(n2-c2ccccc2)[C@@H](C)NCC1. The van der Waals surface area contributed by atoms with Gasteiger partial charge >= 0.3 is 0 Å². The van der Waals surface area contributed by atoms with E-state index in [0.29, 0.717) is 6.04 Å². The van der Waals surface area contributed by atoms with Gasteiger partial charge in [0.25, 0.3) is 0 Å². The molecular weight excluding hydrogens is 258 g/mol. The van der Waals surface area contributed by atoms with Gasteiger partial charge in [-0.15, -0.1) is 0 Å². The van der Waals surface area contributed by atoms with Crippen LogP contribution < -0.4 is 5.32 Å². The second kappa shape index (κ2) is 4.71. The van der Waals surface area contributed by atoms with Gasteiger partial charge in [0, 0.05) is 29.0 Å². The van der Waals surface area contributed by atoms with Crippen LogP contribution in [0.1, 0.15) is 29.8 Å². The van der Waals surface area contributed by atoms with Gasteiger partial charge in [-0.25, -0.2) is 4.98 Å². The van der Waals surface area contributed by atoms with Crippen molar-refractivity contribution in [3.63, 3.8) is 0 Å². The molecule has 1 aromatic carbocycles. The highest BCUT2D eigenvalue weighted by molar-refractivity contribution is 5.87. The summed E-state index contributed by atoms with van der Waals surface area (Å²) in [6, 6.07) is 13.0. The quantitative estimate of drug-likeness (QED) is 0.737. The molecule has 0 radical (unpaired) electrons. The molecule has 21 heavy (non-hydrogen) atoms. The minimum atomic E-state index is 0.350. The van der Waals surface area contributed by atoms with Crippen LogP contribution in [0.5, 0.6) is 0 Å². The van der Waals surface area contributed by atoms with Crippen molar-refractivity contribution in [2.24, 2.45) is 0 Å². The number of hydrogen-bond donors (Lipinski definition) is 1. The Morgan fingerprint density at radius 1 is 1.19 bits per heavy atom. The lowest BCUT2D eigenvalue weighted by molar-refractivity contribution is 0.523. The van der Waals surface area contributed by atoms with E-state index in [4.69, 9.17) is 4.98 Å². The molecule has 0 saturated carbocycles. The Bertz CT molecular complexity index is 802. The van der Waals surface area contributed by atoms with E-state index in [9.17, 15) is 0 Å². The fourth-order valence-electron chi connectivity index (χ4n) is 3.52. The molecule has 3 aromatic rings. The number of rotatable bonds is 1. The zero-order valence-corrected chi connectivity index (χ0v) is 12.4. The van der Waals surface area contributed by atoms with E-state index in [0.717, 1.165) is 18.6 Å². The molecule has 0 fully saturated rings. The maximum Gasteiger partial charge on any atom is 0.145 e. The molecule has 0 bridgehead atoms. The standard InChI is InChI=1S/C18H19N3/c1-12-8-10-20-18-16(12)15-9-11-19-13(2)17(15)21(18)14-6-4-3-5-7-14/h3-8,10,13,19H,9,11H2,1-2H3/t13-/m1/s1. The van der Waals surface area contributed by atoms with Crippen molar-refractivity contribution < 1.29 is 0 Å². The van der Waals surface area contributed by atoms with Gasteiger partial charge in [0.05, 0.1) is 0 Å². The Balaban J connectivity index is 2.15. The van der Waals surface area contributed by atoms with E-state index in [2.05, 4.69) is 60.1 Å². The summed E-state index contributed by atoms with van der Waals surface area (Å²) in [6.45, 7) is 5.47. The summed E-state index contributed by atoms with van der Waals surface area (Å²) in [5.74, 6) is 0. The van der Waals surface area contributed by atoms with Crippen molar-refractivity contribution in [3.8, 4) is 5.69 Å². The van der Waals surface area contributed by atoms with Crippen LogP contribution in [-0.4, -0.2) is 16.1 Å². The molecule has 0 aliphatic carbocycles. The van der Waals surface area contributed by atoms with Gasteiger partial charge in [0.2, 0.25) is 0 Å². The highest BCUT2D eigenvalue weighted by Gasteiger charge is 2.26. The van der Waals surface area contributed by atoms with Crippen molar-refractivity contribution in [1.82, 2.24) is 14.9 Å². The molecular formula is C18H19N3.